The Morgan fingerprint density at radius 1 is 0.972 bits per heavy atom. The SMILES string of the molecule is COc1cccc(CCN[C@H]2CCN(C(=O)c3cc(C)cc(C)c3)[C@H](Cc3ccccc3)C2)c1OC. The minimum Gasteiger partial charge on any atom is -0.493 e. The van der Waals surface area contributed by atoms with Crippen LogP contribution in [0.4, 0.5) is 0 Å². The zero-order chi connectivity index (χ0) is 25.5. The van der Waals surface area contributed by atoms with Gasteiger partial charge in [0.2, 0.25) is 0 Å². The van der Waals surface area contributed by atoms with E-state index in [9.17, 15) is 4.79 Å². The van der Waals surface area contributed by atoms with Crippen LogP contribution in [0.25, 0.3) is 0 Å². The van der Waals surface area contributed by atoms with Crippen LogP contribution < -0.4 is 14.8 Å². The molecule has 0 aliphatic carbocycles. The number of piperidine rings is 1. The molecule has 1 N–H and O–H groups in total. The molecule has 0 aromatic heterocycles. The Balaban J connectivity index is 1.45. The van der Waals surface area contributed by atoms with Crippen molar-refractivity contribution in [1.82, 2.24) is 10.2 Å². The highest BCUT2D eigenvalue weighted by molar-refractivity contribution is 5.95. The normalized spacial score (nSPS) is 17.6. The van der Waals surface area contributed by atoms with Crippen LogP contribution in [0.2, 0.25) is 0 Å². The number of likely N-dealkylation sites (tertiary alicyclic amines) is 1. The zero-order valence-corrected chi connectivity index (χ0v) is 21.9. The number of rotatable bonds is 9. The summed E-state index contributed by atoms with van der Waals surface area (Å²) in [5.74, 6) is 1.70. The summed E-state index contributed by atoms with van der Waals surface area (Å²) in [5, 5.41) is 3.76. The number of hydrogen-bond acceptors (Lipinski definition) is 4. The van der Waals surface area contributed by atoms with Gasteiger partial charge in [-0.2, -0.15) is 0 Å². The second-order valence-electron chi connectivity index (χ2n) is 9.80. The van der Waals surface area contributed by atoms with Gasteiger partial charge in [-0.05, 0) is 75.4 Å². The van der Waals surface area contributed by atoms with Crippen LogP contribution in [0.3, 0.4) is 0 Å². The molecule has 4 rings (SSSR count). The first-order valence-corrected chi connectivity index (χ1v) is 12.8. The summed E-state index contributed by atoms with van der Waals surface area (Å²) in [4.78, 5) is 15.7. The average Bonchev–Trinajstić information content (AvgIpc) is 2.88. The molecule has 0 saturated carbocycles. The summed E-state index contributed by atoms with van der Waals surface area (Å²) >= 11 is 0. The molecule has 1 amide bonds. The molecule has 5 nitrogen and oxygen atoms in total. The monoisotopic (exact) mass is 486 g/mol. The van der Waals surface area contributed by atoms with Crippen molar-refractivity contribution in [3.63, 3.8) is 0 Å². The number of carbonyl (C=O) groups is 1. The highest BCUT2D eigenvalue weighted by Gasteiger charge is 2.32. The second-order valence-corrected chi connectivity index (χ2v) is 9.80. The Morgan fingerprint density at radius 3 is 2.42 bits per heavy atom. The topological polar surface area (TPSA) is 50.8 Å². The van der Waals surface area contributed by atoms with Gasteiger partial charge in [-0.15, -0.1) is 0 Å². The van der Waals surface area contributed by atoms with Crippen molar-refractivity contribution in [2.24, 2.45) is 0 Å². The summed E-state index contributed by atoms with van der Waals surface area (Å²) in [5.41, 5.74) is 5.45. The molecular weight excluding hydrogens is 448 g/mol. The number of ether oxygens (including phenoxy) is 2. The van der Waals surface area contributed by atoms with E-state index in [4.69, 9.17) is 9.47 Å². The number of nitrogens with zero attached hydrogens (tertiary/aromatic N) is 1. The molecule has 0 bridgehead atoms. The van der Waals surface area contributed by atoms with Gasteiger partial charge in [0.25, 0.3) is 5.91 Å². The van der Waals surface area contributed by atoms with E-state index in [2.05, 4.69) is 60.5 Å². The highest BCUT2D eigenvalue weighted by Crippen LogP contribution is 2.31. The summed E-state index contributed by atoms with van der Waals surface area (Å²) in [6.07, 6.45) is 3.59. The van der Waals surface area contributed by atoms with Crippen molar-refractivity contribution >= 4 is 5.91 Å². The second kappa shape index (κ2) is 12.1. The molecule has 1 aliphatic heterocycles. The summed E-state index contributed by atoms with van der Waals surface area (Å²) in [6, 6.07) is 23.2. The lowest BCUT2D eigenvalue weighted by molar-refractivity contribution is 0.0577. The molecule has 0 radical (unpaired) electrons. The Morgan fingerprint density at radius 2 is 1.72 bits per heavy atom. The van der Waals surface area contributed by atoms with E-state index in [0.29, 0.717) is 6.04 Å². The average molecular weight is 487 g/mol. The predicted octanol–water partition coefficient (Wildman–Crippen LogP) is 5.37. The van der Waals surface area contributed by atoms with Crippen LogP contribution in [0.15, 0.2) is 66.7 Å². The molecule has 1 fully saturated rings. The van der Waals surface area contributed by atoms with Gasteiger partial charge in [-0.3, -0.25) is 4.79 Å². The first-order chi connectivity index (χ1) is 17.5. The van der Waals surface area contributed by atoms with Gasteiger partial charge in [0.1, 0.15) is 0 Å². The first-order valence-electron chi connectivity index (χ1n) is 12.8. The number of benzene rings is 3. The molecular formula is C31H38N2O3. The number of carbonyl (C=O) groups excluding carboxylic acids is 1. The smallest absolute Gasteiger partial charge is 0.254 e. The molecule has 2 atom stereocenters. The van der Waals surface area contributed by atoms with E-state index in [0.717, 1.165) is 72.5 Å². The molecule has 0 unspecified atom stereocenters. The third kappa shape index (κ3) is 6.27. The van der Waals surface area contributed by atoms with Crippen LogP contribution in [0.5, 0.6) is 11.5 Å². The van der Waals surface area contributed by atoms with Crippen molar-refractivity contribution in [3.05, 3.63) is 94.5 Å². The number of para-hydroxylation sites is 1. The Kier molecular flexibility index (Phi) is 8.65. The fourth-order valence-corrected chi connectivity index (χ4v) is 5.41. The van der Waals surface area contributed by atoms with Gasteiger partial charge < -0.3 is 19.7 Å². The van der Waals surface area contributed by atoms with Gasteiger partial charge in [0.15, 0.2) is 11.5 Å². The Labute approximate surface area is 215 Å². The van der Waals surface area contributed by atoms with Crippen molar-refractivity contribution < 1.29 is 14.3 Å². The molecule has 3 aromatic rings. The third-order valence-corrected chi connectivity index (χ3v) is 7.07. The fraction of sp³-hybridized carbons (Fsp3) is 0.387. The summed E-state index contributed by atoms with van der Waals surface area (Å²) in [6.45, 7) is 5.71. The van der Waals surface area contributed by atoms with E-state index in [1.54, 1.807) is 14.2 Å². The largest absolute Gasteiger partial charge is 0.493 e. The number of amides is 1. The van der Waals surface area contributed by atoms with Crippen molar-refractivity contribution in [1.29, 1.82) is 0 Å². The molecule has 36 heavy (non-hydrogen) atoms. The quantitative estimate of drug-likeness (QED) is 0.442. The Hall–Kier alpha value is -3.31. The predicted molar refractivity (Wildman–Crippen MR) is 145 cm³/mol. The van der Waals surface area contributed by atoms with Gasteiger partial charge >= 0.3 is 0 Å². The molecule has 0 spiro atoms. The van der Waals surface area contributed by atoms with E-state index < -0.39 is 0 Å². The van der Waals surface area contributed by atoms with Crippen molar-refractivity contribution in [2.45, 2.75) is 51.6 Å². The van der Waals surface area contributed by atoms with Crippen molar-refractivity contribution in [2.75, 3.05) is 27.3 Å². The minimum atomic E-state index is 0.141. The van der Waals surface area contributed by atoms with E-state index >= 15 is 0 Å². The van der Waals surface area contributed by atoms with Crippen molar-refractivity contribution in [3.8, 4) is 11.5 Å². The zero-order valence-electron chi connectivity index (χ0n) is 21.9. The third-order valence-electron chi connectivity index (χ3n) is 7.07. The molecule has 1 aliphatic rings. The number of aryl methyl sites for hydroxylation is 2. The van der Waals surface area contributed by atoms with Gasteiger partial charge in [-0.1, -0.05) is 59.7 Å². The van der Waals surface area contributed by atoms with Crippen LogP contribution >= 0.6 is 0 Å². The van der Waals surface area contributed by atoms with Gasteiger partial charge in [-0.25, -0.2) is 0 Å². The van der Waals surface area contributed by atoms with Crippen LogP contribution in [-0.2, 0) is 12.8 Å². The summed E-state index contributed by atoms with van der Waals surface area (Å²) in [7, 11) is 3.35. The molecule has 5 heteroatoms. The highest BCUT2D eigenvalue weighted by atomic mass is 16.5. The maximum Gasteiger partial charge on any atom is 0.254 e. The van der Waals surface area contributed by atoms with E-state index in [-0.39, 0.29) is 11.9 Å². The van der Waals surface area contributed by atoms with Crippen LogP contribution in [0, 0.1) is 13.8 Å². The maximum atomic E-state index is 13.6. The molecule has 1 saturated heterocycles. The maximum absolute atomic E-state index is 13.6. The first kappa shape index (κ1) is 25.8. The van der Waals surface area contributed by atoms with E-state index in [1.807, 2.05) is 30.3 Å². The minimum absolute atomic E-state index is 0.141. The number of nitrogens with one attached hydrogen (secondary N) is 1. The lowest BCUT2D eigenvalue weighted by Gasteiger charge is -2.40. The number of methoxy groups -OCH3 is 2. The number of hydrogen-bond donors (Lipinski definition) is 1. The Bertz CT molecular complexity index is 1140. The van der Waals surface area contributed by atoms with Crippen LogP contribution in [0.1, 0.15) is 45.5 Å². The van der Waals surface area contributed by atoms with Gasteiger partial charge in [0.05, 0.1) is 14.2 Å². The molecule has 190 valence electrons. The standard InChI is InChI=1S/C31H38N2O3/c1-22-17-23(2)19-26(18-22)31(34)33-16-14-27(21-28(33)20-24-9-6-5-7-10-24)32-15-13-25-11-8-12-29(35-3)30(25)36-4/h5-12,17-19,27-28,32H,13-16,20-21H2,1-4H3/t27-,28+/m0/s1. The fourth-order valence-electron chi connectivity index (χ4n) is 5.41. The van der Waals surface area contributed by atoms with Gasteiger partial charge in [0, 0.05) is 24.2 Å². The van der Waals surface area contributed by atoms with E-state index in [1.165, 1.54) is 5.56 Å². The van der Waals surface area contributed by atoms with Crippen LogP contribution in [-0.4, -0.2) is 50.2 Å². The molecule has 1 heterocycles. The summed E-state index contributed by atoms with van der Waals surface area (Å²) < 4.78 is 11.0. The molecule has 3 aromatic carbocycles. The lowest BCUT2D eigenvalue weighted by Crippen LogP contribution is -2.52. The lowest BCUT2D eigenvalue weighted by atomic mass is 9.91.